The van der Waals surface area contributed by atoms with Crippen molar-refractivity contribution in [3.63, 3.8) is 0 Å². The van der Waals surface area contributed by atoms with E-state index in [4.69, 9.17) is 9.47 Å². The number of allylic oxidation sites excluding steroid dienone is 2. The minimum atomic E-state index is -2.03. The van der Waals surface area contributed by atoms with Crippen LogP contribution in [0.3, 0.4) is 0 Å². The van der Waals surface area contributed by atoms with Crippen LogP contribution in [0.4, 0.5) is 0 Å². The molecule has 0 spiro atoms. The van der Waals surface area contributed by atoms with Crippen molar-refractivity contribution in [3.8, 4) is 0 Å². The lowest BCUT2D eigenvalue weighted by Gasteiger charge is -2.50. The standard InChI is InChI=1S/C24H36O7/c1-5-13(2)23(28)31-24(29)21-16(10-15(4)22(24)27)7-6-14(3)19(21)9-8-18-11-17(25)12-20(26)30-18/h6-7,10,13-15,17-19,21-22,25,27,29H,5,8-9,11-12H2,1-4H3/t13-,14-,15+,17+,18+,19-,21-,22?,24-/m0/s1. The zero-order valence-corrected chi connectivity index (χ0v) is 18.9. The van der Waals surface area contributed by atoms with Crippen LogP contribution in [0.25, 0.3) is 0 Å². The van der Waals surface area contributed by atoms with Gasteiger partial charge in [-0.15, -0.1) is 0 Å². The number of ether oxygens (including phenoxy) is 2. The van der Waals surface area contributed by atoms with E-state index in [1.807, 2.05) is 26.0 Å². The molecule has 0 saturated carbocycles. The van der Waals surface area contributed by atoms with Gasteiger partial charge >= 0.3 is 11.9 Å². The topological polar surface area (TPSA) is 113 Å². The van der Waals surface area contributed by atoms with Gasteiger partial charge in [0, 0.05) is 12.3 Å². The van der Waals surface area contributed by atoms with Crippen LogP contribution in [0.1, 0.15) is 59.8 Å². The molecule has 1 unspecified atom stereocenters. The molecule has 0 aromatic rings. The summed E-state index contributed by atoms with van der Waals surface area (Å²) in [5.41, 5.74) is 0.848. The molecule has 1 heterocycles. The first-order valence-electron chi connectivity index (χ1n) is 11.5. The van der Waals surface area contributed by atoms with E-state index in [0.29, 0.717) is 25.7 Å². The highest BCUT2D eigenvalue weighted by molar-refractivity contribution is 5.72. The number of esters is 2. The third kappa shape index (κ3) is 4.89. The van der Waals surface area contributed by atoms with Crippen LogP contribution >= 0.6 is 0 Å². The minimum absolute atomic E-state index is 0.0178. The molecule has 0 aromatic carbocycles. The number of cyclic esters (lactones) is 1. The predicted molar refractivity (Wildman–Crippen MR) is 113 cm³/mol. The summed E-state index contributed by atoms with van der Waals surface area (Å²) in [4.78, 5) is 24.3. The first-order valence-corrected chi connectivity index (χ1v) is 11.5. The molecule has 7 nitrogen and oxygen atoms in total. The molecule has 0 radical (unpaired) electrons. The zero-order valence-electron chi connectivity index (χ0n) is 18.9. The summed E-state index contributed by atoms with van der Waals surface area (Å²) in [6, 6.07) is 0. The Labute approximate surface area is 184 Å². The number of carbonyl (C=O) groups is 2. The average Bonchev–Trinajstić information content (AvgIpc) is 2.70. The van der Waals surface area contributed by atoms with E-state index < -0.39 is 35.9 Å². The van der Waals surface area contributed by atoms with Gasteiger partial charge in [-0.1, -0.05) is 45.9 Å². The fourth-order valence-electron chi connectivity index (χ4n) is 5.12. The largest absolute Gasteiger partial charge is 0.462 e. The highest BCUT2D eigenvalue weighted by Crippen LogP contribution is 2.49. The number of aliphatic hydroxyl groups excluding tert-OH is 2. The van der Waals surface area contributed by atoms with E-state index in [2.05, 4.69) is 6.08 Å². The monoisotopic (exact) mass is 436 g/mol. The molecule has 1 fully saturated rings. The summed E-state index contributed by atoms with van der Waals surface area (Å²) < 4.78 is 11.0. The first kappa shape index (κ1) is 24.0. The van der Waals surface area contributed by atoms with Crippen LogP contribution < -0.4 is 0 Å². The lowest BCUT2D eigenvalue weighted by atomic mass is 9.62. The van der Waals surface area contributed by atoms with Crippen molar-refractivity contribution in [2.24, 2.45) is 29.6 Å². The molecule has 7 heteroatoms. The van der Waals surface area contributed by atoms with Gasteiger partial charge in [0.05, 0.1) is 24.4 Å². The van der Waals surface area contributed by atoms with Gasteiger partial charge in [-0.2, -0.15) is 0 Å². The summed E-state index contributed by atoms with van der Waals surface area (Å²) in [6.07, 6.45) is 5.71. The first-order chi connectivity index (χ1) is 14.6. The van der Waals surface area contributed by atoms with Gasteiger partial charge in [-0.05, 0) is 36.7 Å². The van der Waals surface area contributed by atoms with Crippen molar-refractivity contribution in [2.45, 2.75) is 83.9 Å². The van der Waals surface area contributed by atoms with Crippen molar-refractivity contribution in [1.29, 1.82) is 0 Å². The Morgan fingerprint density at radius 2 is 2.00 bits per heavy atom. The van der Waals surface area contributed by atoms with Crippen LogP contribution in [-0.2, 0) is 19.1 Å². The fraction of sp³-hybridized carbons (Fsp3) is 0.750. The summed E-state index contributed by atoms with van der Waals surface area (Å²) in [5.74, 6) is -4.39. The third-order valence-electron chi connectivity index (χ3n) is 7.21. The molecule has 0 bridgehead atoms. The molecule has 31 heavy (non-hydrogen) atoms. The second-order valence-electron chi connectivity index (χ2n) is 9.60. The Bertz CT molecular complexity index is 744. The van der Waals surface area contributed by atoms with Crippen LogP contribution in [0.15, 0.2) is 23.8 Å². The lowest BCUT2D eigenvalue weighted by Crippen LogP contribution is -2.60. The van der Waals surface area contributed by atoms with Crippen LogP contribution in [0.2, 0.25) is 0 Å². The van der Waals surface area contributed by atoms with Crippen LogP contribution in [0, 0.1) is 29.6 Å². The quantitative estimate of drug-likeness (QED) is 0.433. The number of rotatable bonds is 6. The molecule has 174 valence electrons. The number of carbonyl (C=O) groups excluding carboxylic acids is 2. The molecule has 2 aliphatic carbocycles. The van der Waals surface area contributed by atoms with Crippen molar-refractivity contribution >= 4 is 11.9 Å². The second kappa shape index (κ2) is 9.43. The van der Waals surface area contributed by atoms with E-state index in [0.717, 1.165) is 5.57 Å². The Kier molecular flexibility index (Phi) is 7.28. The summed E-state index contributed by atoms with van der Waals surface area (Å²) >= 11 is 0. The van der Waals surface area contributed by atoms with Gasteiger partial charge < -0.3 is 24.8 Å². The molecule has 1 aliphatic heterocycles. The maximum absolute atomic E-state index is 12.6. The van der Waals surface area contributed by atoms with Crippen molar-refractivity contribution < 1.29 is 34.4 Å². The van der Waals surface area contributed by atoms with Crippen molar-refractivity contribution in [3.05, 3.63) is 23.8 Å². The molecule has 0 amide bonds. The highest BCUT2D eigenvalue weighted by Gasteiger charge is 2.57. The smallest absolute Gasteiger partial charge is 0.311 e. The number of hydrogen-bond donors (Lipinski definition) is 3. The van der Waals surface area contributed by atoms with E-state index in [1.54, 1.807) is 13.8 Å². The SMILES string of the molecule is CC[C@H](C)C(=O)O[C@]1(O)C(O)[C@H](C)C=C2C=C[C@H](C)[C@H](CC[C@@H]3C[C@@H](O)CC(=O)O3)[C@H]21. The molecule has 0 aromatic heterocycles. The fourth-order valence-corrected chi connectivity index (χ4v) is 5.12. The van der Waals surface area contributed by atoms with Crippen molar-refractivity contribution in [2.75, 3.05) is 0 Å². The molecule has 3 rings (SSSR count). The molecule has 3 N–H and O–H groups in total. The van der Waals surface area contributed by atoms with Gasteiger partial charge in [0.1, 0.15) is 12.2 Å². The summed E-state index contributed by atoms with van der Waals surface area (Å²) in [5, 5.41) is 32.5. The van der Waals surface area contributed by atoms with Crippen molar-refractivity contribution in [1.82, 2.24) is 0 Å². The van der Waals surface area contributed by atoms with E-state index >= 15 is 0 Å². The summed E-state index contributed by atoms with van der Waals surface area (Å²) in [6.45, 7) is 7.43. The number of hydrogen-bond acceptors (Lipinski definition) is 7. The normalized spacial score (nSPS) is 41.1. The Morgan fingerprint density at radius 1 is 1.29 bits per heavy atom. The molecular weight excluding hydrogens is 400 g/mol. The summed E-state index contributed by atoms with van der Waals surface area (Å²) in [7, 11) is 0. The average molecular weight is 437 g/mol. The Hall–Kier alpha value is -1.70. The highest BCUT2D eigenvalue weighted by atomic mass is 16.7. The van der Waals surface area contributed by atoms with E-state index in [-0.39, 0.29) is 36.2 Å². The molecule has 9 atom stereocenters. The Morgan fingerprint density at radius 3 is 2.65 bits per heavy atom. The number of fused-ring (bicyclic) bond motifs is 1. The van der Waals surface area contributed by atoms with Crippen LogP contribution in [0.5, 0.6) is 0 Å². The van der Waals surface area contributed by atoms with E-state index in [1.165, 1.54) is 0 Å². The van der Waals surface area contributed by atoms with E-state index in [9.17, 15) is 24.9 Å². The van der Waals surface area contributed by atoms with Gasteiger partial charge in [-0.25, -0.2) is 0 Å². The maximum Gasteiger partial charge on any atom is 0.311 e. The third-order valence-corrected chi connectivity index (χ3v) is 7.21. The lowest BCUT2D eigenvalue weighted by molar-refractivity contribution is -0.287. The second-order valence-corrected chi connectivity index (χ2v) is 9.60. The van der Waals surface area contributed by atoms with Gasteiger partial charge in [-0.3, -0.25) is 9.59 Å². The van der Waals surface area contributed by atoms with Gasteiger partial charge in [0.25, 0.3) is 0 Å². The van der Waals surface area contributed by atoms with Gasteiger partial charge in [0.15, 0.2) is 0 Å². The zero-order chi connectivity index (χ0) is 22.9. The molecular formula is C24H36O7. The molecule has 3 aliphatic rings. The Balaban J connectivity index is 1.86. The number of aliphatic hydroxyl groups is 3. The predicted octanol–water partition coefficient (Wildman–Crippen LogP) is 2.49. The molecule has 1 saturated heterocycles. The van der Waals surface area contributed by atoms with Gasteiger partial charge in [0.2, 0.25) is 5.79 Å². The van der Waals surface area contributed by atoms with Crippen LogP contribution in [-0.4, -0.2) is 51.4 Å². The minimum Gasteiger partial charge on any atom is -0.462 e. The maximum atomic E-state index is 12.6.